The van der Waals surface area contributed by atoms with Crippen LogP contribution in [0.5, 0.6) is 0 Å². The van der Waals surface area contributed by atoms with Crippen LogP contribution in [-0.2, 0) is 0 Å². The predicted octanol–water partition coefficient (Wildman–Crippen LogP) is 2.70. The molecule has 0 saturated heterocycles. The molecule has 20 heavy (non-hydrogen) atoms. The quantitative estimate of drug-likeness (QED) is 0.690. The Bertz CT molecular complexity index is 750. The Morgan fingerprint density at radius 2 is 1.90 bits per heavy atom. The van der Waals surface area contributed by atoms with Crippen LogP contribution in [0.15, 0.2) is 52.5 Å². The number of hydrogen-bond acceptors (Lipinski definition) is 4. The van der Waals surface area contributed by atoms with Gasteiger partial charge in [-0.15, -0.1) is 10.2 Å². The minimum Gasteiger partial charge on any atom is -0.455 e. The average molecular weight is 274 g/mol. The van der Waals surface area contributed by atoms with Crippen LogP contribution in [0.3, 0.4) is 0 Å². The van der Waals surface area contributed by atoms with Gasteiger partial charge >= 0.3 is 0 Å². The number of hydrogen-bond donors (Lipinski definition) is 0. The predicted molar refractivity (Wildman–Crippen MR) is 67.1 cm³/mol. The van der Waals surface area contributed by atoms with Gasteiger partial charge in [-0.2, -0.15) is 5.10 Å². The van der Waals surface area contributed by atoms with E-state index in [4.69, 9.17) is 4.42 Å². The van der Waals surface area contributed by atoms with Crippen LogP contribution in [0.1, 0.15) is 5.76 Å². The van der Waals surface area contributed by atoms with Crippen LogP contribution in [0.25, 0.3) is 11.3 Å². The Labute approximate surface area is 112 Å². The summed E-state index contributed by atoms with van der Waals surface area (Å²) in [6.07, 6.45) is 4.27. The van der Waals surface area contributed by atoms with Gasteiger partial charge in [0.2, 0.25) is 0 Å². The first-order valence-corrected chi connectivity index (χ1v) is 5.66. The maximum absolute atomic E-state index is 13.6. The summed E-state index contributed by atoms with van der Waals surface area (Å²) >= 11 is 0. The molecule has 5 nitrogen and oxygen atoms in total. The summed E-state index contributed by atoms with van der Waals surface area (Å²) in [5.41, 5.74) is 0.190. The van der Waals surface area contributed by atoms with Gasteiger partial charge in [-0.25, -0.2) is 13.5 Å². The number of rotatable bonds is 3. The van der Waals surface area contributed by atoms with Crippen molar-refractivity contribution in [3.8, 4) is 11.3 Å². The lowest BCUT2D eigenvalue weighted by Crippen LogP contribution is -1.86. The summed E-state index contributed by atoms with van der Waals surface area (Å²) in [5, 5.41) is 11.2. The normalized spacial score (nSPS) is 11.3. The highest BCUT2D eigenvalue weighted by atomic mass is 19.1. The van der Waals surface area contributed by atoms with Crippen LogP contribution in [-0.4, -0.2) is 21.1 Å². The summed E-state index contributed by atoms with van der Waals surface area (Å²) in [7, 11) is 0. The molecule has 2 heterocycles. The largest absolute Gasteiger partial charge is 0.455 e. The highest BCUT2D eigenvalue weighted by Gasteiger charge is 2.10. The fourth-order valence-electron chi connectivity index (χ4n) is 1.63. The lowest BCUT2D eigenvalue weighted by molar-refractivity contribution is 0.555. The van der Waals surface area contributed by atoms with Crippen LogP contribution in [0, 0.1) is 11.6 Å². The molecule has 3 aromatic rings. The zero-order chi connectivity index (χ0) is 13.9. The molecular formula is C13H8F2N4O. The van der Waals surface area contributed by atoms with Crippen molar-refractivity contribution < 1.29 is 13.2 Å². The van der Waals surface area contributed by atoms with E-state index >= 15 is 0 Å². The van der Waals surface area contributed by atoms with E-state index in [1.165, 1.54) is 35.7 Å². The van der Waals surface area contributed by atoms with E-state index in [0.29, 0.717) is 11.5 Å². The van der Waals surface area contributed by atoms with Crippen molar-refractivity contribution in [2.75, 3.05) is 0 Å². The highest BCUT2D eigenvalue weighted by molar-refractivity contribution is 5.77. The van der Waals surface area contributed by atoms with Crippen molar-refractivity contribution in [3.63, 3.8) is 0 Å². The molecule has 2 aromatic heterocycles. The Morgan fingerprint density at radius 3 is 2.65 bits per heavy atom. The lowest BCUT2D eigenvalue weighted by Gasteiger charge is -1.98. The van der Waals surface area contributed by atoms with Gasteiger partial charge < -0.3 is 4.42 Å². The molecule has 7 heteroatoms. The first-order chi connectivity index (χ1) is 9.72. The molecular weight excluding hydrogens is 266 g/mol. The van der Waals surface area contributed by atoms with E-state index in [9.17, 15) is 8.78 Å². The Kier molecular flexibility index (Phi) is 3.08. The number of benzene rings is 1. The van der Waals surface area contributed by atoms with Gasteiger partial charge in [-0.3, -0.25) is 0 Å². The van der Waals surface area contributed by atoms with Crippen LogP contribution in [0.4, 0.5) is 8.78 Å². The molecule has 0 bridgehead atoms. The summed E-state index contributed by atoms with van der Waals surface area (Å²) in [6, 6.07) is 6.52. The van der Waals surface area contributed by atoms with Gasteiger partial charge in [-0.05, 0) is 24.3 Å². The average Bonchev–Trinajstić information content (AvgIpc) is 3.07. The maximum atomic E-state index is 13.6. The zero-order valence-corrected chi connectivity index (χ0v) is 10.1. The van der Waals surface area contributed by atoms with Crippen molar-refractivity contribution in [2.24, 2.45) is 5.10 Å². The zero-order valence-electron chi connectivity index (χ0n) is 10.1. The van der Waals surface area contributed by atoms with Gasteiger partial charge in [0.05, 0.1) is 11.8 Å². The van der Waals surface area contributed by atoms with Crippen LogP contribution in [0.2, 0.25) is 0 Å². The Hall–Kier alpha value is -2.83. The second-order valence-electron chi connectivity index (χ2n) is 3.91. The minimum absolute atomic E-state index is 0.190. The molecule has 0 aliphatic carbocycles. The van der Waals surface area contributed by atoms with E-state index in [2.05, 4.69) is 15.3 Å². The van der Waals surface area contributed by atoms with E-state index in [1.807, 2.05) is 0 Å². The lowest BCUT2D eigenvalue weighted by atomic mass is 10.1. The van der Waals surface area contributed by atoms with E-state index in [-0.39, 0.29) is 5.56 Å². The number of nitrogens with zero attached hydrogens (tertiary/aromatic N) is 4. The van der Waals surface area contributed by atoms with Crippen molar-refractivity contribution in [2.45, 2.75) is 0 Å². The second kappa shape index (κ2) is 5.04. The van der Waals surface area contributed by atoms with E-state index in [1.54, 1.807) is 12.1 Å². The molecule has 0 spiro atoms. The van der Waals surface area contributed by atoms with Gasteiger partial charge in [-0.1, -0.05) is 0 Å². The molecule has 0 unspecified atom stereocenters. The Morgan fingerprint density at radius 1 is 1.10 bits per heavy atom. The fraction of sp³-hybridized carbons (Fsp3) is 0. The van der Waals surface area contributed by atoms with Crippen molar-refractivity contribution in [1.82, 2.24) is 14.9 Å². The minimum atomic E-state index is -0.679. The fourth-order valence-corrected chi connectivity index (χ4v) is 1.63. The third-order valence-electron chi connectivity index (χ3n) is 2.55. The first-order valence-electron chi connectivity index (χ1n) is 5.66. The molecule has 0 saturated carbocycles. The number of halogens is 2. The van der Waals surface area contributed by atoms with Gasteiger partial charge in [0, 0.05) is 6.07 Å². The third-order valence-corrected chi connectivity index (χ3v) is 2.55. The monoisotopic (exact) mass is 274 g/mol. The van der Waals surface area contributed by atoms with Crippen molar-refractivity contribution >= 4 is 6.21 Å². The smallest absolute Gasteiger partial charge is 0.147 e. The second-order valence-corrected chi connectivity index (χ2v) is 3.91. The van der Waals surface area contributed by atoms with Crippen LogP contribution >= 0.6 is 0 Å². The summed E-state index contributed by atoms with van der Waals surface area (Å²) in [6.45, 7) is 0. The summed E-state index contributed by atoms with van der Waals surface area (Å²) in [4.78, 5) is 0. The van der Waals surface area contributed by atoms with E-state index in [0.717, 1.165) is 6.07 Å². The van der Waals surface area contributed by atoms with E-state index < -0.39 is 11.6 Å². The molecule has 0 atom stereocenters. The molecule has 1 aromatic carbocycles. The first kappa shape index (κ1) is 12.2. The molecule has 0 fully saturated rings. The number of aromatic nitrogens is 3. The third kappa shape index (κ3) is 2.46. The molecule has 0 aliphatic heterocycles. The van der Waals surface area contributed by atoms with Crippen molar-refractivity contribution in [3.05, 3.63) is 60.4 Å². The summed E-state index contributed by atoms with van der Waals surface area (Å²) < 4.78 is 33.3. The molecule has 0 radical (unpaired) electrons. The van der Waals surface area contributed by atoms with Gasteiger partial charge in [0.15, 0.2) is 0 Å². The Balaban J connectivity index is 1.86. The molecule has 0 amide bonds. The highest BCUT2D eigenvalue weighted by Crippen LogP contribution is 2.25. The van der Waals surface area contributed by atoms with Crippen molar-refractivity contribution in [1.29, 1.82) is 0 Å². The SMILES string of the molecule is Fc1ccc(-c2ccc(C=Nn3cnnc3)o2)c(F)c1. The maximum Gasteiger partial charge on any atom is 0.147 e. The standard InChI is InChI=1S/C13H8F2N4O/c14-9-1-3-11(12(15)5-9)13-4-2-10(20-13)6-18-19-7-16-17-8-19/h1-8H. The molecule has 0 aliphatic rings. The van der Waals surface area contributed by atoms with Crippen LogP contribution < -0.4 is 0 Å². The molecule has 3 rings (SSSR count). The summed E-state index contributed by atoms with van der Waals surface area (Å²) in [5.74, 6) is -0.584. The molecule has 100 valence electrons. The number of furan rings is 1. The van der Waals surface area contributed by atoms with Gasteiger partial charge in [0.25, 0.3) is 0 Å². The topological polar surface area (TPSA) is 56.2 Å². The van der Waals surface area contributed by atoms with Gasteiger partial charge in [0.1, 0.15) is 35.8 Å². The molecule has 0 N–H and O–H groups in total.